The molecule has 30 heavy (non-hydrogen) atoms. The minimum absolute atomic E-state index is 0. The molecule has 0 amide bonds. The number of aliphatic imine (C=N–C) groups is 1. The summed E-state index contributed by atoms with van der Waals surface area (Å²) < 4.78 is 17.0. The van der Waals surface area contributed by atoms with E-state index in [1.807, 2.05) is 44.2 Å². The van der Waals surface area contributed by atoms with Crippen LogP contribution >= 0.6 is 24.0 Å². The molecule has 1 atom stereocenters. The quantitative estimate of drug-likeness (QED) is 0.280. The fourth-order valence-corrected chi connectivity index (χ4v) is 3.60. The van der Waals surface area contributed by atoms with E-state index < -0.39 is 0 Å². The van der Waals surface area contributed by atoms with Gasteiger partial charge in [0.1, 0.15) is 17.3 Å². The van der Waals surface area contributed by atoms with Crippen LogP contribution in [0.2, 0.25) is 0 Å². The maximum atomic E-state index is 6.22. The molecule has 3 rings (SSSR count). The highest BCUT2D eigenvalue weighted by Gasteiger charge is 2.24. The molecule has 2 aromatic rings. The molecule has 1 fully saturated rings. The molecule has 166 valence electrons. The summed E-state index contributed by atoms with van der Waals surface area (Å²) in [7, 11) is 0. The van der Waals surface area contributed by atoms with Crippen LogP contribution in [0.25, 0.3) is 0 Å². The summed E-state index contributed by atoms with van der Waals surface area (Å²) in [4.78, 5) is 7.04. The van der Waals surface area contributed by atoms with Crippen molar-refractivity contribution in [1.29, 1.82) is 0 Å². The number of halogens is 1. The summed E-state index contributed by atoms with van der Waals surface area (Å²) in [6.07, 6.45) is 5.41. The Morgan fingerprint density at radius 1 is 1.17 bits per heavy atom. The largest absolute Gasteiger partial charge is 0.494 e. The SMILES string of the molecule is CCOc1ccc(OCC)c(NC(N)=NCC(c2ccco2)N2CCCCC2)c1.I. The maximum Gasteiger partial charge on any atom is 0.193 e. The van der Waals surface area contributed by atoms with Crippen molar-refractivity contribution in [2.24, 2.45) is 10.7 Å². The lowest BCUT2D eigenvalue weighted by Gasteiger charge is -2.32. The van der Waals surface area contributed by atoms with Gasteiger partial charge in [-0.2, -0.15) is 0 Å². The number of anilines is 1. The number of furan rings is 1. The van der Waals surface area contributed by atoms with Gasteiger partial charge in [0, 0.05) is 6.07 Å². The summed E-state index contributed by atoms with van der Waals surface area (Å²) in [5.74, 6) is 2.74. The Labute approximate surface area is 196 Å². The Hall–Kier alpha value is -1.94. The summed E-state index contributed by atoms with van der Waals surface area (Å²) >= 11 is 0. The normalized spacial score (nSPS) is 15.9. The minimum Gasteiger partial charge on any atom is -0.494 e. The van der Waals surface area contributed by atoms with Gasteiger partial charge in [0.15, 0.2) is 5.96 Å². The van der Waals surface area contributed by atoms with Crippen molar-refractivity contribution in [3.63, 3.8) is 0 Å². The number of rotatable bonds is 9. The van der Waals surface area contributed by atoms with E-state index in [0.717, 1.165) is 30.3 Å². The molecule has 1 aromatic heterocycles. The number of nitrogens with zero attached hydrogens (tertiary/aromatic N) is 2. The summed E-state index contributed by atoms with van der Waals surface area (Å²) in [6, 6.07) is 9.67. The lowest BCUT2D eigenvalue weighted by Crippen LogP contribution is -2.36. The van der Waals surface area contributed by atoms with Gasteiger partial charge in [-0.25, -0.2) is 0 Å². The molecule has 3 N–H and O–H groups in total. The number of piperidine rings is 1. The molecule has 1 aliphatic rings. The van der Waals surface area contributed by atoms with Crippen molar-refractivity contribution >= 4 is 35.6 Å². The van der Waals surface area contributed by atoms with Crippen LogP contribution in [0.4, 0.5) is 5.69 Å². The number of ether oxygens (including phenoxy) is 2. The maximum absolute atomic E-state index is 6.22. The number of hydrogen-bond acceptors (Lipinski definition) is 5. The van der Waals surface area contributed by atoms with Gasteiger partial charge in [-0.15, -0.1) is 24.0 Å². The zero-order valence-corrected chi connectivity index (χ0v) is 20.1. The van der Waals surface area contributed by atoms with Gasteiger partial charge in [0.2, 0.25) is 0 Å². The van der Waals surface area contributed by atoms with Gasteiger partial charge < -0.3 is 24.9 Å². The first-order valence-electron chi connectivity index (χ1n) is 10.4. The smallest absolute Gasteiger partial charge is 0.193 e. The Bertz CT molecular complexity index is 777. The number of nitrogens with two attached hydrogens (primary N) is 1. The van der Waals surface area contributed by atoms with Crippen molar-refractivity contribution in [2.75, 3.05) is 38.2 Å². The van der Waals surface area contributed by atoms with E-state index in [9.17, 15) is 0 Å². The van der Waals surface area contributed by atoms with Gasteiger partial charge in [-0.05, 0) is 64.0 Å². The number of guanidine groups is 1. The third-order valence-corrected chi connectivity index (χ3v) is 4.96. The fraction of sp³-hybridized carbons (Fsp3) is 0.500. The topological polar surface area (TPSA) is 85.2 Å². The van der Waals surface area contributed by atoms with Gasteiger partial charge in [0.25, 0.3) is 0 Å². The third kappa shape index (κ3) is 6.80. The molecular weight excluding hydrogens is 495 g/mol. The average molecular weight is 528 g/mol. The van der Waals surface area contributed by atoms with Gasteiger partial charge in [0.05, 0.1) is 37.8 Å². The highest BCUT2D eigenvalue weighted by Crippen LogP contribution is 2.30. The van der Waals surface area contributed by atoms with E-state index >= 15 is 0 Å². The van der Waals surface area contributed by atoms with E-state index in [-0.39, 0.29) is 30.0 Å². The van der Waals surface area contributed by atoms with E-state index in [2.05, 4.69) is 15.2 Å². The molecule has 0 radical (unpaired) electrons. The molecule has 0 spiro atoms. The lowest BCUT2D eigenvalue weighted by atomic mass is 10.1. The Morgan fingerprint density at radius 2 is 1.93 bits per heavy atom. The summed E-state index contributed by atoms with van der Waals surface area (Å²) in [6.45, 7) is 7.70. The third-order valence-electron chi connectivity index (χ3n) is 4.96. The second-order valence-electron chi connectivity index (χ2n) is 7.00. The fourth-order valence-electron chi connectivity index (χ4n) is 3.60. The first kappa shape index (κ1) is 24.3. The van der Waals surface area contributed by atoms with Crippen molar-refractivity contribution < 1.29 is 13.9 Å². The number of hydrogen-bond donors (Lipinski definition) is 2. The van der Waals surface area contributed by atoms with Crippen LogP contribution < -0.4 is 20.5 Å². The second-order valence-corrected chi connectivity index (χ2v) is 7.00. The van der Waals surface area contributed by atoms with Crippen LogP contribution in [0.3, 0.4) is 0 Å². The van der Waals surface area contributed by atoms with Crippen molar-refractivity contribution in [2.45, 2.75) is 39.2 Å². The van der Waals surface area contributed by atoms with E-state index in [4.69, 9.17) is 19.6 Å². The van der Waals surface area contributed by atoms with Crippen molar-refractivity contribution in [3.05, 3.63) is 42.4 Å². The molecular formula is C22H33IN4O3. The first-order chi connectivity index (χ1) is 14.2. The highest BCUT2D eigenvalue weighted by molar-refractivity contribution is 14.0. The second kappa shape index (κ2) is 12.7. The molecule has 1 aliphatic heterocycles. The van der Waals surface area contributed by atoms with Crippen LogP contribution in [0, 0.1) is 0 Å². The predicted molar refractivity (Wildman–Crippen MR) is 131 cm³/mol. The summed E-state index contributed by atoms with van der Waals surface area (Å²) in [5.41, 5.74) is 6.96. The minimum atomic E-state index is 0. The van der Waals surface area contributed by atoms with Crippen LogP contribution in [-0.2, 0) is 0 Å². The molecule has 0 bridgehead atoms. The molecule has 7 nitrogen and oxygen atoms in total. The lowest BCUT2D eigenvalue weighted by molar-refractivity contribution is 0.150. The molecule has 0 saturated carbocycles. The number of nitrogens with one attached hydrogen (secondary N) is 1. The molecule has 1 saturated heterocycles. The van der Waals surface area contributed by atoms with E-state index in [1.54, 1.807) is 6.26 Å². The zero-order valence-electron chi connectivity index (χ0n) is 17.8. The first-order valence-corrected chi connectivity index (χ1v) is 10.4. The standard InChI is InChI=1S/C22H32N4O3.HI/c1-3-27-17-10-11-20(28-4-2)18(15-17)25-22(23)24-16-19(21-9-8-14-29-21)26-12-6-5-7-13-26;/h8-11,14-15,19H,3-7,12-13,16H2,1-2H3,(H3,23,24,25);1H. The van der Waals surface area contributed by atoms with Crippen LogP contribution in [0.5, 0.6) is 11.5 Å². The molecule has 1 unspecified atom stereocenters. The zero-order chi connectivity index (χ0) is 20.5. The molecule has 0 aliphatic carbocycles. The van der Waals surface area contributed by atoms with Crippen molar-refractivity contribution in [3.8, 4) is 11.5 Å². The summed E-state index contributed by atoms with van der Waals surface area (Å²) in [5, 5.41) is 3.17. The molecule has 2 heterocycles. The van der Waals surface area contributed by atoms with Crippen molar-refractivity contribution in [1.82, 2.24) is 4.90 Å². The predicted octanol–water partition coefficient (Wildman–Crippen LogP) is 4.65. The average Bonchev–Trinajstić information content (AvgIpc) is 3.26. The van der Waals surface area contributed by atoms with Gasteiger partial charge in [-0.1, -0.05) is 6.42 Å². The molecule has 8 heteroatoms. The van der Waals surface area contributed by atoms with E-state index in [1.165, 1.54) is 19.3 Å². The van der Waals surface area contributed by atoms with Crippen LogP contribution in [-0.4, -0.2) is 43.7 Å². The van der Waals surface area contributed by atoms with E-state index in [0.29, 0.717) is 31.5 Å². The van der Waals surface area contributed by atoms with Crippen LogP contribution in [0.15, 0.2) is 46.0 Å². The Kier molecular flexibility index (Phi) is 10.3. The highest BCUT2D eigenvalue weighted by atomic mass is 127. The Morgan fingerprint density at radius 3 is 2.60 bits per heavy atom. The number of benzene rings is 1. The van der Waals surface area contributed by atoms with Gasteiger partial charge in [-0.3, -0.25) is 9.89 Å². The number of likely N-dealkylation sites (tertiary alicyclic amines) is 1. The Balaban J connectivity index is 0.00000320. The monoisotopic (exact) mass is 528 g/mol. The van der Waals surface area contributed by atoms with Crippen LogP contribution in [0.1, 0.15) is 44.9 Å². The van der Waals surface area contributed by atoms with Gasteiger partial charge >= 0.3 is 0 Å². The molecule has 1 aromatic carbocycles.